The zero-order valence-corrected chi connectivity index (χ0v) is 19.9. The molecule has 0 saturated heterocycles. The van der Waals surface area contributed by atoms with Gasteiger partial charge in [-0.15, -0.1) is 10.2 Å². The third-order valence-electron chi connectivity index (χ3n) is 5.52. The van der Waals surface area contributed by atoms with Crippen LogP contribution in [0.3, 0.4) is 0 Å². The monoisotopic (exact) mass is 461 g/mol. The third kappa shape index (κ3) is 5.07. The van der Waals surface area contributed by atoms with Gasteiger partial charge in [0.05, 0.1) is 5.75 Å². The molecule has 0 fully saturated rings. The lowest BCUT2D eigenvalue weighted by atomic mass is 10.2. The average Bonchev–Trinajstić information content (AvgIpc) is 3.40. The van der Waals surface area contributed by atoms with Crippen molar-refractivity contribution in [3.05, 3.63) is 77.9 Å². The quantitative estimate of drug-likeness (QED) is 0.193. The van der Waals surface area contributed by atoms with E-state index < -0.39 is 0 Å². The summed E-state index contributed by atoms with van der Waals surface area (Å²) < 4.78 is 9.34. The molecule has 4 rings (SSSR count). The standard InChI is InChI=1S/C25H27N5O2S/c1-18-16-22(19(2)29(18)14-7-15-32-3)23(31)17-33-25-28-27-24(20-10-12-26-13-11-20)30(25)21-8-5-4-6-9-21/h4-6,8-13,16H,7,14-15,17H2,1-3H3. The van der Waals surface area contributed by atoms with Gasteiger partial charge in [-0.25, -0.2) is 0 Å². The lowest BCUT2D eigenvalue weighted by Crippen LogP contribution is -2.08. The molecule has 0 aliphatic heterocycles. The maximum absolute atomic E-state index is 13.1. The predicted molar refractivity (Wildman–Crippen MR) is 130 cm³/mol. The van der Waals surface area contributed by atoms with Gasteiger partial charge >= 0.3 is 0 Å². The highest BCUT2D eigenvalue weighted by molar-refractivity contribution is 7.99. The van der Waals surface area contributed by atoms with E-state index in [0.29, 0.717) is 11.8 Å². The number of ketones is 1. The highest BCUT2D eigenvalue weighted by Gasteiger charge is 2.20. The molecule has 33 heavy (non-hydrogen) atoms. The number of hydrogen-bond acceptors (Lipinski definition) is 6. The zero-order valence-electron chi connectivity index (χ0n) is 19.1. The summed E-state index contributed by atoms with van der Waals surface area (Å²) >= 11 is 1.40. The fourth-order valence-electron chi connectivity index (χ4n) is 3.86. The molecule has 1 aromatic carbocycles. The highest BCUT2D eigenvalue weighted by atomic mass is 32.2. The van der Waals surface area contributed by atoms with Gasteiger partial charge in [-0.2, -0.15) is 0 Å². The normalized spacial score (nSPS) is 11.1. The summed E-state index contributed by atoms with van der Waals surface area (Å²) in [6.45, 7) is 5.58. The van der Waals surface area contributed by atoms with E-state index in [2.05, 4.69) is 19.7 Å². The van der Waals surface area contributed by atoms with Gasteiger partial charge in [0.1, 0.15) is 0 Å². The first kappa shape index (κ1) is 22.9. The van der Waals surface area contributed by atoms with E-state index in [4.69, 9.17) is 4.74 Å². The van der Waals surface area contributed by atoms with E-state index >= 15 is 0 Å². The minimum Gasteiger partial charge on any atom is -0.385 e. The second-order valence-electron chi connectivity index (χ2n) is 7.71. The molecule has 3 aromatic heterocycles. The molecule has 0 spiro atoms. The summed E-state index contributed by atoms with van der Waals surface area (Å²) in [5, 5.41) is 9.52. The van der Waals surface area contributed by atoms with Gasteiger partial charge in [-0.1, -0.05) is 30.0 Å². The molecule has 170 valence electrons. The number of methoxy groups -OCH3 is 1. The lowest BCUT2D eigenvalue weighted by molar-refractivity contribution is 0.102. The molecule has 0 saturated carbocycles. The Morgan fingerprint density at radius 2 is 1.82 bits per heavy atom. The molecule has 3 heterocycles. The Morgan fingerprint density at radius 3 is 2.55 bits per heavy atom. The molecule has 0 atom stereocenters. The number of pyridine rings is 1. The second-order valence-corrected chi connectivity index (χ2v) is 8.65. The van der Waals surface area contributed by atoms with Gasteiger partial charge in [0.25, 0.3) is 0 Å². The Labute approximate surface area is 197 Å². The number of para-hydroxylation sites is 1. The average molecular weight is 462 g/mol. The van der Waals surface area contributed by atoms with E-state index in [1.807, 2.05) is 66.9 Å². The number of nitrogens with zero attached hydrogens (tertiary/aromatic N) is 5. The Morgan fingerprint density at radius 1 is 1.06 bits per heavy atom. The number of hydrogen-bond donors (Lipinski definition) is 0. The molecule has 0 unspecified atom stereocenters. The van der Waals surface area contributed by atoms with Crippen LogP contribution in [-0.2, 0) is 11.3 Å². The fourth-order valence-corrected chi connectivity index (χ4v) is 4.70. The summed E-state index contributed by atoms with van der Waals surface area (Å²) in [6.07, 6.45) is 4.38. The molecule has 7 nitrogen and oxygen atoms in total. The fraction of sp³-hybridized carbons (Fsp3) is 0.280. The molecule has 0 aliphatic rings. The number of carbonyl (C=O) groups is 1. The summed E-state index contributed by atoms with van der Waals surface area (Å²) in [5.74, 6) is 1.08. The second kappa shape index (κ2) is 10.6. The maximum Gasteiger partial charge on any atom is 0.196 e. The Balaban J connectivity index is 1.57. The van der Waals surface area contributed by atoms with Crippen LogP contribution in [0, 0.1) is 13.8 Å². The molecule has 0 N–H and O–H groups in total. The van der Waals surface area contributed by atoms with Crippen LogP contribution in [0.15, 0.2) is 66.1 Å². The molecule has 4 aromatic rings. The Kier molecular flexibility index (Phi) is 7.36. The number of rotatable bonds is 10. The van der Waals surface area contributed by atoms with Crippen molar-refractivity contribution in [3.8, 4) is 17.1 Å². The van der Waals surface area contributed by atoms with Crippen molar-refractivity contribution in [1.82, 2.24) is 24.3 Å². The molecule has 0 radical (unpaired) electrons. The molecule has 0 aliphatic carbocycles. The number of carbonyl (C=O) groups excluding carboxylic acids is 1. The largest absolute Gasteiger partial charge is 0.385 e. The van der Waals surface area contributed by atoms with Gasteiger partial charge in [-0.05, 0) is 50.6 Å². The first-order chi connectivity index (χ1) is 16.1. The van der Waals surface area contributed by atoms with E-state index in [-0.39, 0.29) is 11.5 Å². The maximum atomic E-state index is 13.1. The third-order valence-corrected chi connectivity index (χ3v) is 6.45. The van der Waals surface area contributed by atoms with Crippen molar-refractivity contribution in [2.75, 3.05) is 19.5 Å². The van der Waals surface area contributed by atoms with E-state index in [9.17, 15) is 4.79 Å². The van der Waals surface area contributed by atoms with Gasteiger partial charge in [0.15, 0.2) is 16.8 Å². The summed E-state index contributed by atoms with van der Waals surface area (Å²) in [5.41, 5.74) is 4.71. The molecule has 0 amide bonds. The van der Waals surface area contributed by atoms with Crippen molar-refractivity contribution in [3.63, 3.8) is 0 Å². The van der Waals surface area contributed by atoms with Crippen LogP contribution >= 0.6 is 11.8 Å². The predicted octanol–water partition coefficient (Wildman–Crippen LogP) is 4.76. The van der Waals surface area contributed by atoms with Crippen LogP contribution in [0.4, 0.5) is 0 Å². The molecule has 0 bridgehead atoms. The van der Waals surface area contributed by atoms with Crippen molar-refractivity contribution in [2.24, 2.45) is 0 Å². The number of Topliss-reactive ketones (excluding diaryl/α,β-unsaturated/α-hetero) is 1. The molecule has 8 heteroatoms. The number of thioether (sulfide) groups is 1. The lowest BCUT2D eigenvalue weighted by Gasteiger charge is -2.10. The Hall–Kier alpha value is -3.23. The SMILES string of the molecule is COCCCn1c(C)cc(C(=O)CSc2nnc(-c3ccncc3)n2-c2ccccc2)c1C. The minimum atomic E-state index is 0.0826. The molecular weight excluding hydrogens is 434 g/mol. The van der Waals surface area contributed by atoms with Crippen molar-refractivity contribution in [2.45, 2.75) is 32.0 Å². The number of aryl methyl sites for hydroxylation is 1. The Bertz CT molecular complexity index is 1220. The van der Waals surface area contributed by atoms with Crippen molar-refractivity contribution >= 4 is 17.5 Å². The van der Waals surface area contributed by atoms with Crippen molar-refractivity contribution < 1.29 is 9.53 Å². The highest BCUT2D eigenvalue weighted by Crippen LogP contribution is 2.28. The van der Waals surface area contributed by atoms with Gasteiger partial charge in [0, 0.05) is 60.9 Å². The van der Waals surface area contributed by atoms with E-state index in [1.165, 1.54) is 11.8 Å². The first-order valence-electron chi connectivity index (χ1n) is 10.8. The molecular formula is C25H27N5O2S. The van der Waals surface area contributed by atoms with Crippen molar-refractivity contribution in [1.29, 1.82) is 0 Å². The van der Waals surface area contributed by atoms with Crippen LogP contribution in [0.2, 0.25) is 0 Å². The topological polar surface area (TPSA) is 74.8 Å². The van der Waals surface area contributed by atoms with Crippen LogP contribution < -0.4 is 0 Å². The summed E-state index contributed by atoms with van der Waals surface area (Å²) in [7, 11) is 1.70. The number of ether oxygens (including phenoxy) is 1. The van der Waals surface area contributed by atoms with Crippen LogP contribution in [-0.4, -0.2) is 49.6 Å². The van der Waals surface area contributed by atoms with Gasteiger partial charge in [-0.3, -0.25) is 14.3 Å². The number of aromatic nitrogens is 5. The van der Waals surface area contributed by atoms with Crippen LogP contribution in [0.25, 0.3) is 17.1 Å². The smallest absolute Gasteiger partial charge is 0.196 e. The zero-order chi connectivity index (χ0) is 23.2. The summed E-state index contributed by atoms with van der Waals surface area (Å²) in [6, 6.07) is 15.7. The van der Waals surface area contributed by atoms with Gasteiger partial charge < -0.3 is 9.30 Å². The summed E-state index contributed by atoms with van der Waals surface area (Å²) in [4.78, 5) is 17.2. The number of benzene rings is 1. The van der Waals surface area contributed by atoms with Crippen LogP contribution in [0.1, 0.15) is 28.2 Å². The van der Waals surface area contributed by atoms with E-state index in [0.717, 1.165) is 47.0 Å². The first-order valence-corrected chi connectivity index (χ1v) is 11.8. The van der Waals surface area contributed by atoms with E-state index in [1.54, 1.807) is 19.5 Å². The minimum absolute atomic E-state index is 0.0826. The van der Waals surface area contributed by atoms with Crippen LogP contribution in [0.5, 0.6) is 0 Å². The van der Waals surface area contributed by atoms with Gasteiger partial charge in [0.2, 0.25) is 0 Å².